The van der Waals surface area contributed by atoms with Crippen molar-refractivity contribution in [3.63, 3.8) is 0 Å². The van der Waals surface area contributed by atoms with Crippen molar-refractivity contribution < 1.29 is 19.5 Å². The number of carboxylic acids is 1. The number of carbonyl (C=O) groups excluding carboxylic acids is 2. The number of carboxylic acid groups (broad SMARTS) is 1. The van der Waals surface area contributed by atoms with Crippen LogP contribution in [-0.4, -0.2) is 34.2 Å². The van der Waals surface area contributed by atoms with Crippen molar-refractivity contribution >= 4 is 34.5 Å². The summed E-state index contributed by atoms with van der Waals surface area (Å²) in [5, 5.41) is 13.0. The van der Waals surface area contributed by atoms with Gasteiger partial charge in [-0.25, -0.2) is 4.98 Å². The van der Waals surface area contributed by atoms with E-state index in [1.807, 2.05) is 44.2 Å². The summed E-state index contributed by atoms with van der Waals surface area (Å²) in [5.41, 5.74) is 0.886. The number of carbonyl (C=O) groups is 3. The van der Waals surface area contributed by atoms with Crippen LogP contribution in [0, 0.1) is 11.8 Å². The summed E-state index contributed by atoms with van der Waals surface area (Å²) in [5.74, 6) is -1.99. The quantitative estimate of drug-likeness (QED) is 0.620. The highest BCUT2D eigenvalue weighted by Gasteiger charge is 2.29. The van der Waals surface area contributed by atoms with Crippen molar-refractivity contribution in [3.05, 3.63) is 47.0 Å². The van der Waals surface area contributed by atoms with Crippen LogP contribution >= 0.6 is 11.3 Å². The number of thiazole rings is 1. The lowest BCUT2D eigenvalue weighted by Crippen LogP contribution is -2.37. The van der Waals surface area contributed by atoms with Gasteiger partial charge in [0.25, 0.3) is 0 Å². The third kappa shape index (κ3) is 5.49. The normalized spacial score (nSPS) is 13.2. The Bertz CT molecular complexity index is 758. The molecule has 1 aromatic heterocycles. The van der Waals surface area contributed by atoms with Crippen LogP contribution < -0.4 is 5.32 Å². The number of nitrogens with zero attached hydrogens (tertiary/aromatic N) is 1. The molecule has 0 fully saturated rings. The predicted octanol–water partition coefficient (Wildman–Crippen LogP) is 3.29. The number of aliphatic carboxylic acids is 1. The maximum absolute atomic E-state index is 12.8. The second-order valence-corrected chi connectivity index (χ2v) is 7.51. The predicted molar refractivity (Wildman–Crippen MR) is 101 cm³/mol. The number of hydrogen-bond donors (Lipinski definition) is 2. The molecule has 0 amide bonds. The second-order valence-electron chi connectivity index (χ2n) is 6.45. The third-order valence-corrected chi connectivity index (χ3v) is 4.91. The van der Waals surface area contributed by atoms with Crippen LogP contribution in [0.4, 0.5) is 5.13 Å². The molecule has 2 atom stereocenters. The van der Waals surface area contributed by atoms with E-state index in [0.717, 1.165) is 5.56 Å². The monoisotopic (exact) mass is 374 g/mol. The minimum Gasteiger partial charge on any atom is -0.481 e. The van der Waals surface area contributed by atoms with E-state index < -0.39 is 17.9 Å². The zero-order valence-corrected chi connectivity index (χ0v) is 15.5. The molecule has 26 heavy (non-hydrogen) atoms. The molecule has 1 heterocycles. The molecular formula is C19H22N2O4S. The molecule has 1 aromatic carbocycles. The van der Waals surface area contributed by atoms with Gasteiger partial charge in [0.1, 0.15) is 0 Å². The molecule has 0 saturated carbocycles. The molecule has 7 heteroatoms. The van der Waals surface area contributed by atoms with Crippen LogP contribution in [0.1, 0.15) is 35.5 Å². The number of ketones is 1. The summed E-state index contributed by atoms with van der Waals surface area (Å²) in [7, 11) is 0. The van der Waals surface area contributed by atoms with Gasteiger partial charge in [-0.2, -0.15) is 0 Å². The first-order chi connectivity index (χ1) is 12.4. The first-order valence-electron chi connectivity index (χ1n) is 8.37. The van der Waals surface area contributed by atoms with Gasteiger partial charge in [-0.15, -0.1) is 0 Å². The average molecular weight is 374 g/mol. The van der Waals surface area contributed by atoms with Crippen molar-refractivity contribution in [1.82, 2.24) is 4.98 Å². The molecule has 2 rings (SSSR count). The van der Waals surface area contributed by atoms with Crippen molar-refractivity contribution in [2.75, 3.05) is 5.32 Å². The molecule has 0 aliphatic rings. The van der Waals surface area contributed by atoms with E-state index in [9.17, 15) is 19.5 Å². The Labute approximate surface area is 156 Å². The zero-order chi connectivity index (χ0) is 19.1. The number of hydrogen-bond acceptors (Lipinski definition) is 6. The number of rotatable bonds is 10. The zero-order valence-electron chi connectivity index (χ0n) is 14.7. The van der Waals surface area contributed by atoms with Gasteiger partial charge in [-0.1, -0.05) is 55.5 Å². The van der Waals surface area contributed by atoms with E-state index in [1.54, 1.807) is 0 Å². The van der Waals surface area contributed by atoms with E-state index in [-0.39, 0.29) is 18.1 Å². The van der Waals surface area contributed by atoms with Crippen molar-refractivity contribution in [3.8, 4) is 0 Å². The van der Waals surface area contributed by atoms with Crippen LogP contribution in [0.2, 0.25) is 0 Å². The summed E-state index contributed by atoms with van der Waals surface area (Å²) in [6.07, 6.45) is 2.39. The number of Topliss-reactive ketones (excluding diaryl/α,β-unsaturated/α-hetero) is 1. The third-order valence-electron chi connectivity index (χ3n) is 4.05. The smallest absolute Gasteiger partial charge is 0.307 e. The van der Waals surface area contributed by atoms with Crippen molar-refractivity contribution in [2.45, 2.75) is 32.7 Å². The molecule has 138 valence electrons. The minimum atomic E-state index is -0.984. The lowest BCUT2D eigenvalue weighted by atomic mass is 9.89. The number of benzene rings is 1. The summed E-state index contributed by atoms with van der Waals surface area (Å²) in [4.78, 5) is 39.7. The molecular weight excluding hydrogens is 352 g/mol. The average Bonchev–Trinajstić information content (AvgIpc) is 3.07. The Morgan fingerprint density at radius 1 is 1.27 bits per heavy atom. The highest BCUT2D eigenvalue weighted by Crippen LogP contribution is 2.22. The van der Waals surface area contributed by atoms with E-state index in [0.29, 0.717) is 22.7 Å². The van der Waals surface area contributed by atoms with Crippen LogP contribution in [-0.2, 0) is 16.0 Å². The van der Waals surface area contributed by atoms with Gasteiger partial charge in [-0.3, -0.25) is 14.4 Å². The summed E-state index contributed by atoms with van der Waals surface area (Å²) in [6.45, 7) is 3.77. The Balaban J connectivity index is 2.08. The first kappa shape index (κ1) is 19.8. The van der Waals surface area contributed by atoms with E-state index in [1.165, 1.54) is 17.5 Å². The molecule has 6 nitrogen and oxygen atoms in total. The first-order valence-corrected chi connectivity index (χ1v) is 9.19. The number of nitrogens with one attached hydrogen (secondary N) is 1. The Morgan fingerprint density at radius 2 is 1.96 bits per heavy atom. The Kier molecular flexibility index (Phi) is 7.03. The molecule has 1 unspecified atom stereocenters. The van der Waals surface area contributed by atoms with E-state index in [2.05, 4.69) is 10.3 Å². The second kappa shape index (κ2) is 9.24. The fourth-order valence-electron chi connectivity index (χ4n) is 2.67. The lowest BCUT2D eigenvalue weighted by Gasteiger charge is -2.22. The topological polar surface area (TPSA) is 96.4 Å². The molecule has 0 aliphatic carbocycles. The van der Waals surface area contributed by atoms with Gasteiger partial charge in [0, 0.05) is 6.42 Å². The Morgan fingerprint density at radius 3 is 2.50 bits per heavy atom. The minimum absolute atomic E-state index is 0.0442. The molecule has 0 radical (unpaired) electrons. The van der Waals surface area contributed by atoms with E-state index >= 15 is 0 Å². The SMILES string of the molecule is CC(C)C(Nc1ncc(C=O)s1)C(=O)C[C@@H](Cc1ccccc1)C(=O)O. The molecule has 0 bridgehead atoms. The maximum Gasteiger partial charge on any atom is 0.307 e. The van der Waals surface area contributed by atoms with Crippen LogP contribution in [0.5, 0.6) is 0 Å². The number of aldehydes is 1. The summed E-state index contributed by atoms with van der Waals surface area (Å²) in [6, 6.07) is 8.72. The van der Waals surface area contributed by atoms with Gasteiger partial charge in [-0.05, 0) is 17.9 Å². The molecule has 0 spiro atoms. The van der Waals surface area contributed by atoms with Gasteiger partial charge >= 0.3 is 5.97 Å². The number of aromatic nitrogens is 1. The van der Waals surface area contributed by atoms with Crippen LogP contribution in [0.15, 0.2) is 36.5 Å². The number of anilines is 1. The molecule has 2 N–H and O–H groups in total. The highest BCUT2D eigenvalue weighted by atomic mass is 32.1. The van der Waals surface area contributed by atoms with Crippen molar-refractivity contribution in [1.29, 1.82) is 0 Å². The summed E-state index contributed by atoms with van der Waals surface area (Å²) >= 11 is 1.17. The molecule has 2 aromatic rings. The van der Waals surface area contributed by atoms with Crippen molar-refractivity contribution in [2.24, 2.45) is 11.8 Å². The highest BCUT2D eigenvalue weighted by molar-refractivity contribution is 7.17. The molecule has 0 saturated heterocycles. The fourth-order valence-corrected chi connectivity index (χ4v) is 3.34. The fraction of sp³-hybridized carbons (Fsp3) is 0.368. The standard InChI is InChI=1S/C19H22N2O4S/c1-12(2)17(21-19-20-10-15(11-22)26-19)16(23)9-14(18(24)25)8-13-6-4-3-5-7-13/h3-7,10-12,14,17H,8-9H2,1-2H3,(H,20,21)(H,24,25)/t14-,17?/m1/s1. The summed E-state index contributed by atoms with van der Waals surface area (Å²) < 4.78 is 0. The van der Waals surface area contributed by atoms with Gasteiger partial charge < -0.3 is 10.4 Å². The lowest BCUT2D eigenvalue weighted by molar-refractivity contribution is -0.143. The van der Waals surface area contributed by atoms with Crippen LogP contribution in [0.25, 0.3) is 0 Å². The van der Waals surface area contributed by atoms with Gasteiger partial charge in [0.15, 0.2) is 17.2 Å². The Hall–Kier alpha value is -2.54. The largest absolute Gasteiger partial charge is 0.481 e. The van der Waals surface area contributed by atoms with Crippen LogP contribution in [0.3, 0.4) is 0 Å². The van der Waals surface area contributed by atoms with Gasteiger partial charge in [0.2, 0.25) is 0 Å². The molecule has 0 aliphatic heterocycles. The van der Waals surface area contributed by atoms with E-state index in [4.69, 9.17) is 0 Å². The maximum atomic E-state index is 12.8. The van der Waals surface area contributed by atoms with Gasteiger partial charge in [0.05, 0.1) is 23.0 Å².